The maximum Gasteiger partial charge on any atom is 0.00665 e. The maximum atomic E-state index is 5.99. The lowest BCUT2D eigenvalue weighted by molar-refractivity contribution is 0.138. The van der Waals surface area contributed by atoms with Gasteiger partial charge in [0.1, 0.15) is 0 Å². The quantitative estimate of drug-likeness (QED) is 0.754. The van der Waals surface area contributed by atoms with Crippen LogP contribution < -0.4 is 5.73 Å². The molecule has 0 spiro atoms. The van der Waals surface area contributed by atoms with E-state index in [9.17, 15) is 0 Å². The van der Waals surface area contributed by atoms with Gasteiger partial charge in [0.25, 0.3) is 0 Å². The molecule has 0 aliphatic heterocycles. The average molecular weight is 226 g/mol. The smallest absolute Gasteiger partial charge is 0.00665 e. The topological polar surface area (TPSA) is 29.3 Å². The van der Waals surface area contributed by atoms with Crippen molar-refractivity contribution in [2.45, 2.75) is 58.9 Å². The van der Waals surface area contributed by atoms with Gasteiger partial charge in [0.15, 0.2) is 0 Å². The van der Waals surface area contributed by atoms with Crippen molar-refractivity contribution in [1.29, 1.82) is 0 Å². The number of hydrogen-bond donors (Lipinski definition) is 1. The van der Waals surface area contributed by atoms with Gasteiger partial charge in [0, 0.05) is 12.6 Å². The van der Waals surface area contributed by atoms with E-state index in [2.05, 4.69) is 32.7 Å². The highest BCUT2D eigenvalue weighted by molar-refractivity contribution is 4.88. The van der Waals surface area contributed by atoms with Crippen molar-refractivity contribution in [2.24, 2.45) is 17.1 Å². The van der Waals surface area contributed by atoms with Gasteiger partial charge in [-0.1, -0.05) is 26.7 Å². The first-order chi connectivity index (χ1) is 7.49. The summed E-state index contributed by atoms with van der Waals surface area (Å²) in [5.74, 6) is 0.787. The van der Waals surface area contributed by atoms with Crippen molar-refractivity contribution in [3.63, 3.8) is 0 Å². The maximum absolute atomic E-state index is 5.99. The van der Waals surface area contributed by atoms with Gasteiger partial charge in [-0.15, -0.1) is 0 Å². The average Bonchev–Trinajstić information content (AvgIpc) is 2.66. The van der Waals surface area contributed by atoms with Gasteiger partial charge < -0.3 is 10.6 Å². The summed E-state index contributed by atoms with van der Waals surface area (Å²) in [5.41, 5.74) is 6.42. The van der Waals surface area contributed by atoms with E-state index in [1.807, 2.05) is 0 Å². The number of nitrogens with zero attached hydrogens (tertiary/aromatic N) is 1. The van der Waals surface area contributed by atoms with Gasteiger partial charge in [0.05, 0.1) is 0 Å². The Hall–Kier alpha value is -0.0800. The minimum absolute atomic E-state index is 0.431. The molecule has 1 aliphatic rings. The third kappa shape index (κ3) is 3.74. The van der Waals surface area contributed by atoms with Crippen LogP contribution in [0.1, 0.15) is 52.9 Å². The molecule has 2 heteroatoms. The van der Waals surface area contributed by atoms with Crippen LogP contribution in [-0.2, 0) is 0 Å². The second kappa shape index (κ2) is 6.02. The summed E-state index contributed by atoms with van der Waals surface area (Å²) >= 11 is 0. The Bertz CT molecular complexity index is 195. The molecule has 16 heavy (non-hydrogen) atoms. The van der Waals surface area contributed by atoms with Crippen molar-refractivity contribution in [1.82, 2.24) is 4.90 Å². The molecule has 0 aromatic heterocycles. The fourth-order valence-electron chi connectivity index (χ4n) is 3.10. The van der Waals surface area contributed by atoms with Gasteiger partial charge in [0.2, 0.25) is 0 Å². The van der Waals surface area contributed by atoms with Crippen LogP contribution in [0.15, 0.2) is 0 Å². The zero-order valence-electron chi connectivity index (χ0n) is 11.6. The summed E-state index contributed by atoms with van der Waals surface area (Å²) in [5, 5.41) is 0. The van der Waals surface area contributed by atoms with Crippen molar-refractivity contribution in [2.75, 3.05) is 20.1 Å². The van der Waals surface area contributed by atoms with Crippen LogP contribution >= 0.6 is 0 Å². The van der Waals surface area contributed by atoms with Gasteiger partial charge in [-0.3, -0.25) is 0 Å². The molecular weight excluding hydrogens is 196 g/mol. The predicted octanol–water partition coefficient (Wildman–Crippen LogP) is 2.87. The van der Waals surface area contributed by atoms with Crippen LogP contribution in [0.5, 0.6) is 0 Å². The summed E-state index contributed by atoms with van der Waals surface area (Å²) in [7, 11) is 2.27. The minimum atomic E-state index is 0.431. The Balaban J connectivity index is 2.45. The summed E-state index contributed by atoms with van der Waals surface area (Å²) in [6, 6.07) is 0.684. The molecule has 2 N–H and O–H groups in total. The van der Waals surface area contributed by atoms with Crippen LogP contribution in [0, 0.1) is 11.3 Å². The first-order valence-corrected chi connectivity index (χ1v) is 6.89. The van der Waals surface area contributed by atoms with Crippen molar-refractivity contribution in [3.05, 3.63) is 0 Å². The molecule has 0 radical (unpaired) electrons. The summed E-state index contributed by atoms with van der Waals surface area (Å²) in [4.78, 5) is 2.53. The molecule has 1 fully saturated rings. The zero-order chi connectivity index (χ0) is 12.2. The fourth-order valence-corrected chi connectivity index (χ4v) is 3.10. The van der Waals surface area contributed by atoms with Gasteiger partial charge in [-0.25, -0.2) is 0 Å². The van der Waals surface area contributed by atoms with E-state index >= 15 is 0 Å². The third-order valence-corrected chi connectivity index (χ3v) is 4.25. The summed E-state index contributed by atoms with van der Waals surface area (Å²) in [6.45, 7) is 9.01. The van der Waals surface area contributed by atoms with Crippen LogP contribution in [-0.4, -0.2) is 31.1 Å². The lowest BCUT2D eigenvalue weighted by Crippen LogP contribution is -2.43. The Kier molecular flexibility index (Phi) is 5.26. The molecule has 0 amide bonds. The van der Waals surface area contributed by atoms with Crippen LogP contribution in [0.3, 0.4) is 0 Å². The SMILES string of the molecule is CC(C)CC(C)N(C)CC1(CN)CCCC1. The normalized spacial score (nSPS) is 21.9. The third-order valence-electron chi connectivity index (χ3n) is 4.25. The van der Waals surface area contributed by atoms with E-state index in [-0.39, 0.29) is 0 Å². The highest BCUT2D eigenvalue weighted by Gasteiger charge is 2.34. The molecule has 0 bridgehead atoms. The van der Waals surface area contributed by atoms with Gasteiger partial charge in [-0.05, 0) is 51.1 Å². The molecule has 1 atom stereocenters. The number of rotatable bonds is 6. The Labute approximate surface area is 102 Å². The molecule has 1 rings (SSSR count). The molecule has 0 aromatic carbocycles. The highest BCUT2D eigenvalue weighted by atomic mass is 15.1. The lowest BCUT2D eigenvalue weighted by Gasteiger charge is -2.36. The Morgan fingerprint density at radius 3 is 2.19 bits per heavy atom. The monoisotopic (exact) mass is 226 g/mol. The first kappa shape index (κ1) is 14.0. The molecule has 2 nitrogen and oxygen atoms in total. The van der Waals surface area contributed by atoms with Crippen LogP contribution in [0.25, 0.3) is 0 Å². The van der Waals surface area contributed by atoms with E-state index < -0.39 is 0 Å². The number of nitrogens with two attached hydrogens (primary N) is 1. The van der Waals surface area contributed by atoms with Crippen LogP contribution in [0.4, 0.5) is 0 Å². The highest BCUT2D eigenvalue weighted by Crippen LogP contribution is 2.38. The van der Waals surface area contributed by atoms with Crippen molar-refractivity contribution in [3.8, 4) is 0 Å². The van der Waals surface area contributed by atoms with E-state index in [1.165, 1.54) is 38.6 Å². The number of hydrogen-bond acceptors (Lipinski definition) is 2. The molecule has 1 aliphatic carbocycles. The van der Waals surface area contributed by atoms with E-state index in [4.69, 9.17) is 5.73 Å². The largest absolute Gasteiger partial charge is 0.330 e. The lowest BCUT2D eigenvalue weighted by atomic mass is 9.85. The van der Waals surface area contributed by atoms with Gasteiger partial charge >= 0.3 is 0 Å². The molecule has 0 heterocycles. The van der Waals surface area contributed by atoms with Crippen LogP contribution in [0.2, 0.25) is 0 Å². The molecule has 1 saturated carbocycles. The standard InChI is InChI=1S/C14H30N2/c1-12(2)9-13(3)16(4)11-14(10-15)7-5-6-8-14/h12-13H,5-11,15H2,1-4H3. The fraction of sp³-hybridized carbons (Fsp3) is 1.00. The predicted molar refractivity (Wildman–Crippen MR) is 71.5 cm³/mol. The molecule has 0 saturated heterocycles. The Morgan fingerprint density at radius 2 is 1.75 bits per heavy atom. The second-order valence-corrected chi connectivity index (χ2v) is 6.30. The van der Waals surface area contributed by atoms with E-state index in [0.29, 0.717) is 11.5 Å². The zero-order valence-corrected chi connectivity index (χ0v) is 11.6. The van der Waals surface area contributed by atoms with Crippen molar-refractivity contribution < 1.29 is 0 Å². The van der Waals surface area contributed by atoms with E-state index in [1.54, 1.807) is 0 Å². The molecule has 1 unspecified atom stereocenters. The minimum Gasteiger partial charge on any atom is -0.330 e. The van der Waals surface area contributed by atoms with E-state index in [0.717, 1.165) is 12.5 Å². The summed E-state index contributed by atoms with van der Waals surface area (Å²) < 4.78 is 0. The first-order valence-electron chi connectivity index (χ1n) is 6.89. The summed E-state index contributed by atoms with van der Waals surface area (Å²) in [6.07, 6.45) is 6.72. The molecule has 96 valence electrons. The second-order valence-electron chi connectivity index (χ2n) is 6.30. The molecule has 0 aromatic rings. The Morgan fingerprint density at radius 1 is 1.19 bits per heavy atom. The van der Waals surface area contributed by atoms with Gasteiger partial charge in [-0.2, -0.15) is 0 Å². The molecular formula is C14H30N2. The van der Waals surface area contributed by atoms with Crippen molar-refractivity contribution >= 4 is 0 Å².